The van der Waals surface area contributed by atoms with Gasteiger partial charge in [-0.05, 0) is 19.3 Å². The minimum absolute atomic E-state index is 0.329. The number of unbranched alkanes of at least 4 members (excludes halogenated alkanes) is 7. The number of amides is 1. The van der Waals surface area contributed by atoms with E-state index in [1.165, 1.54) is 45.1 Å². The second kappa shape index (κ2) is 11.7. The number of quaternary nitrogens is 1. The largest absolute Gasteiger partial charge is 0.411 e. The predicted molar refractivity (Wildman–Crippen MR) is 83.1 cm³/mol. The van der Waals surface area contributed by atoms with Gasteiger partial charge in [-0.15, -0.1) is 0 Å². The Hall–Kier alpha value is -1.10. The zero-order valence-corrected chi connectivity index (χ0v) is 13.4. The molecule has 5 heteroatoms. The highest BCUT2D eigenvalue weighted by Crippen LogP contribution is 2.09. The minimum Gasteiger partial charge on any atom is -0.411 e. The Labute approximate surface area is 123 Å². The summed E-state index contributed by atoms with van der Waals surface area (Å²) in [4.78, 5) is 10.9. The normalized spacial score (nSPS) is 11.9. The van der Waals surface area contributed by atoms with Crippen LogP contribution in [0.1, 0.15) is 51.4 Å². The minimum atomic E-state index is -0.329. The lowest BCUT2D eigenvalue weighted by Gasteiger charge is -2.23. The van der Waals surface area contributed by atoms with Crippen LogP contribution in [0, 0.1) is 0 Å². The molecule has 2 N–H and O–H groups in total. The van der Waals surface area contributed by atoms with Crippen LogP contribution in [0.4, 0.5) is 0 Å². The molecule has 0 atom stereocenters. The maximum Gasteiger partial charge on any atom is 0.265 e. The Kier molecular flexibility index (Phi) is 11.1. The third-order valence-corrected chi connectivity index (χ3v) is 3.23. The fourth-order valence-corrected chi connectivity index (χ4v) is 2.08. The van der Waals surface area contributed by atoms with Gasteiger partial charge in [0.2, 0.25) is 0 Å². The third kappa shape index (κ3) is 15.0. The van der Waals surface area contributed by atoms with Crippen LogP contribution >= 0.6 is 0 Å². The van der Waals surface area contributed by atoms with Crippen LogP contribution in [-0.4, -0.2) is 56.0 Å². The molecule has 0 aliphatic heterocycles. The van der Waals surface area contributed by atoms with Crippen LogP contribution < -0.4 is 5.32 Å². The molecule has 0 spiro atoms. The topological polar surface area (TPSA) is 61.7 Å². The number of nitrogens with one attached hydrogen (secondary N) is 1. The monoisotopic (exact) mass is 286 g/mol. The van der Waals surface area contributed by atoms with Crippen molar-refractivity contribution >= 4 is 12.1 Å². The summed E-state index contributed by atoms with van der Waals surface area (Å²) in [5, 5.41) is 13.5. The predicted octanol–water partition coefficient (Wildman–Crippen LogP) is 2.39. The molecular formula is C15H32N3O2+. The fourth-order valence-electron chi connectivity index (χ4n) is 2.08. The first kappa shape index (κ1) is 18.9. The van der Waals surface area contributed by atoms with Crippen molar-refractivity contribution in [2.45, 2.75) is 51.4 Å². The number of carbonyl (C=O) groups is 1. The Morgan fingerprint density at radius 2 is 1.50 bits per heavy atom. The first-order chi connectivity index (χ1) is 9.45. The summed E-state index contributed by atoms with van der Waals surface area (Å²) in [6.45, 7) is 1.92. The van der Waals surface area contributed by atoms with E-state index in [1.54, 1.807) is 0 Å². The molecule has 0 aromatic heterocycles. The first-order valence-electron chi connectivity index (χ1n) is 7.71. The Bertz CT molecular complexity index is 273. The number of oxime groups is 1. The number of nitrogens with zero attached hydrogens (tertiary/aromatic N) is 2. The summed E-state index contributed by atoms with van der Waals surface area (Å²) in [5.41, 5.74) is 0. The summed E-state index contributed by atoms with van der Waals surface area (Å²) >= 11 is 0. The molecule has 0 aliphatic rings. The van der Waals surface area contributed by atoms with E-state index < -0.39 is 0 Å². The zero-order chi connectivity index (χ0) is 15.3. The SMILES string of the molecule is C[N+](C)(C)CCCCCCCCCCNC(=O)/C=N\O. The molecule has 0 bridgehead atoms. The van der Waals surface area contributed by atoms with Crippen LogP contribution in [0.25, 0.3) is 0 Å². The van der Waals surface area contributed by atoms with E-state index in [2.05, 4.69) is 31.6 Å². The summed E-state index contributed by atoms with van der Waals surface area (Å²) in [6, 6.07) is 0. The van der Waals surface area contributed by atoms with E-state index in [9.17, 15) is 4.79 Å². The highest BCUT2D eigenvalue weighted by atomic mass is 16.4. The Morgan fingerprint density at radius 3 is 2.00 bits per heavy atom. The van der Waals surface area contributed by atoms with Crippen LogP contribution in [0.5, 0.6) is 0 Å². The van der Waals surface area contributed by atoms with Crippen LogP contribution in [0.15, 0.2) is 5.16 Å². The van der Waals surface area contributed by atoms with Crippen LogP contribution in [0.2, 0.25) is 0 Å². The number of hydrogen-bond acceptors (Lipinski definition) is 3. The molecule has 0 radical (unpaired) electrons. The van der Waals surface area contributed by atoms with Crippen LogP contribution in [-0.2, 0) is 4.79 Å². The highest BCUT2D eigenvalue weighted by molar-refractivity contribution is 6.25. The average Bonchev–Trinajstić information content (AvgIpc) is 2.35. The summed E-state index contributed by atoms with van der Waals surface area (Å²) in [7, 11) is 6.72. The molecule has 0 saturated heterocycles. The van der Waals surface area contributed by atoms with Gasteiger partial charge in [0, 0.05) is 6.54 Å². The van der Waals surface area contributed by atoms with Crippen molar-refractivity contribution < 1.29 is 14.5 Å². The quantitative estimate of drug-likeness (QED) is 0.190. The molecular weight excluding hydrogens is 254 g/mol. The van der Waals surface area contributed by atoms with E-state index >= 15 is 0 Å². The van der Waals surface area contributed by atoms with Gasteiger partial charge in [0.25, 0.3) is 5.91 Å². The van der Waals surface area contributed by atoms with Gasteiger partial charge in [0.1, 0.15) is 6.21 Å². The van der Waals surface area contributed by atoms with Crippen LogP contribution in [0.3, 0.4) is 0 Å². The second-order valence-corrected chi connectivity index (χ2v) is 6.38. The second-order valence-electron chi connectivity index (χ2n) is 6.38. The van der Waals surface area contributed by atoms with Crippen molar-refractivity contribution in [2.75, 3.05) is 34.2 Å². The molecule has 20 heavy (non-hydrogen) atoms. The molecule has 0 fully saturated rings. The van der Waals surface area contributed by atoms with Gasteiger partial charge < -0.3 is 15.0 Å². The maximum atomic E-state index is 10.9. The Morgan fingerprint density at radius 1 is 1.00 bits per heavy atom. The molecule has 0 aliphatic carbocycles. The average molecular weight is 286 g/mol. The molecule has 0 heterocycles. The molecule has 0 aromatic rings. The fraction of sp³-hybridized carbons (Fsp3) is 0.867. The van der Waals surface area contributed by atoms with E-state index in [0.29, 0.717) is 6.54 Å². The molecule has 1 amide bonds. The van der Waals surface area contributed by atoms with Gasteiger partial charge in [-0.2, -0.15) is 0 Å². The van der Waals surface area contributed by atoms with Crippen molar-refractivity contribution in [1.82, 2.24) is 5.32 Å². The van der Waals surface area contributed by atoms with Crippen molar-refractivity contribution in [3.63, 3.8) is 0 Å². The molecule has 0 aromatic carbocycles. The van der Waals surface area contributed by atoms with Crippen molar-refractivity contribution in [2.24, 2.45) is 5.16 Å². The standard InChI is InChI=1S/C15H31N3O2/c1-18(2,3)13-11-9-7-5-4-6-8-10-12-16-15(19)14-17-20/h14H,4-13H2,1-3H3,(H-,16,19,20)/p+1. The van der Waals surface area contributed by atoms with E-state index in [-0.39, 0.29) is 5.91 Å². The molecule has 118 valence electrons. The summed E-state index contributed by atoms with van der Waals surface area (Å²) in [5.74, 6) is -0.329. The molecule has 5 nitrogen and oxygen atoms in total. The number of hydrogen-bond donors (Lipinski definition) is 2. The molecule has 0 unspecified atom stereocenters. The summed E-state index contributed by atoms with van der Waals surface area (Å²) in [6.07, 6.45) is 10.9. The van der Waals surface area contributed by atoms with E-state index in [1.807, 2.05) is 0 Å². The van der Waals surface area contributed by atoms with Gasteiger partial charge in [-0.3, -0.25) is 4.79 Å². The molecule has 0 saturated carbocycles. The van der Waals surface area contributed by atoms with Gasteiger partial charge >= 0.3 is 0 Å². The highest BCUT2D eigenvalue weighted by Gasteiger charge is 2.04. The number of rotatable bonds is 12. The van der Waals surface area contributed by atoms with Gasteiger partial charge in [-0.25, -0.2) is 0 Å². The lowest BCUT2D eigenvalue weighted by atomic mass is 10.1. The van der Waals surface area contributed by atoms with E-state index in [4.69, 9.17) is 5.21 Å². The maximum absolute atomic E-state index is 10.9. The first-order valence-corrected chi connectivity index (χ1v) is 7.71. The van der Waals surface area contributed by atoms with E-state index in [0.717, 1.165) is 23.5 Å². The summed E-state index contributed by atoms with van der Waals surface area (Å²) < 4.78 is 1.06. The van der Waals surface area contributed by atoms with Crippen molar-refractivity contribution in [1.29, 1.82) is 0 Å². The van der Waals surface area contributed by atoms with Gasteiger partial charge in [0.05, 0.1) is 27.7 Å². The lowest BCUT2D eigenvalue weighted by Crippen LogP contribution is -2.35. The van der Waals surface area contributed by atoms with Gasteiger partial charge in [0.15, 0.2) is 0 Å². The van der Waals surface area contributed by atoms with Crippen molar-refractivity contribution in [3.05, 3.63) is 0 Å². The third-order valence-electron chi connectivity index (χ3n) is 3.23. The van der Waals surface area contributed by atoms with Crippen molar-refractivity contribution in [3.8, 4) is 0 Å². The lowest BCUT2D eigenvalue weighted by molar-refractivity contribution is -0.870. The van der Waals surface area contributed by atoms with Gasteiger partial charge in [-0.1, -0.05) is 37.3 Å². The molecule has 0 rings (SSSR count). The zero-order valence-electron chi connectivity index (χ0n) is 13.4. The smallest absolute Gasteiger partial charge is 0.265 e. The Balaban J connectivity index is 3.16. The number of carbonyl (C=O) groups excluding carboxylic acids is 1.